The molecule has 0 radical (unpaired) electrons. The fraction of sp³-hybridized carbons (Fsp3) is 0.658. The predicted octanol–water partition coefficient (Wildman–Crippen LogP) is 8.83. The number of hydrogen-bond donors (Lipinski definition) is 1. The first-order valence-corrected chi connectivity index (χ1v) is 17.2. The molecule has 0 bridgehead atoms. The van der Waals surface area contributed by atoms with Crippen LogP contribution in [-0.4, -0.2) is 60.4 Å². The molecule has 240 valence electrons. The van der Waals surface area contributed by atoms with Crippen molar-refractivity contribution in [2.45, 2.75) is 135 Å². The monoisotopic (exact) mass is 592 g/mol. The molecule has 0 aromatic heterocycles. The van der Waals surface area contributed by atoms with Gasteiger partial charge in [0, 0.05) is 25.3 Å². The van der Waals surface area contributed by atoms with Gasteiger partial charge in [-0.25, -0.2) is 0 Å². The van der Waals surface area contributed by atoms with Gasteiger partial charge in [0.25, 0.3) is 0 Å². The molecular formula is C38H60N2O3. The van der Waals surface area contributed by atoms with E-state index in [9.17, 15) is 5.11 Å². The number of hydrogen-bond acceptors (Lipinski definition) is 4. The fourth-order valence-corrected chi connectivity index (χ4v) is 6.26. The van der Waals surface area contributed by atoms with Gasteiger partial charge >= 0.3 is 0 Å². The van der Waals surface area contributed by atoms with Crippen molar-refractivity contribution < 1.29 is 14.6 Å². The molecule has 4 atom stereocenters. The zero-order chi connectivity index (χ0) is 30.7. The lowest BCUT2D eigenvalue weighted by molar-refractivity contribution is 0.0237. The van der Waals surface area contributed by atoms with Crippen molar-refractivity contribution in [3.8, 4) is 0 Å². The Morgan fingerprint density at radius 3 is 2.02 bits per heavy atom. The number of nitrogens with zero attached hydrogens (tertiary/aromatic N) is 2. The van der Waals surface area contributed by atoms with Crippen LogP contribution in [0.4, 0.5) is 0 Å². The Morgan fingerprint density at radius 2 is 1.42 bits per heavy atom. The Balaban J connectivity index is 1.38. The highest BCUT2D eigenvalue weighted by molar-refractivity contribution is 5.99. The van der Waals surface area contributed by atoms with E-state index in [0.717, 1.165) is 43.9 Å². The summed E-state index contributed by atoms with van der Waals surface area (Å²) in [6.45, 7) is 8.81. The van der Waals surface area contributed by atoms with E-state index in [2.05, 4.69) is 80.3 Å². The minimum atomic E-state index is -0.327. The third-order valence-electron chi connectivity index (χ3n) is 9.04. The maximum atomic E-state index is 10.9. The molecule has 5 heteroatoms. The number of methoxy groups -OCH3 is 1. The first-order chi connectivity index (χ1) is 21.0. The van der Waals surface area contributed by atoms with Crippen molar-refractivity contribution in [3.63, 3.8) is 0 Å². The average Bonchev–Trinajstić information content (AvgIpc) is 3.02. The zero-order valence-corrected chi connectivity index (χ0v) is 27.6. The van der Waals surface area contributed by atoms with E-state index in [4.69, 9.17) is 14.5 Å². The van der Waals surface area contributed by atoms with Crippen molar-refractivity contribution >= 4 is 5.84 Å². The van der Waals surface area contributed by atoms with Crippen molar-refractivity contribution in [2.75, 3.05) is 20.3 Å². The summed E-state index contributed by atoms with van der Waals surface area (Å²) in [6.07, 6.45) is 15.7. The molecule has 1 aliphatic rings. The molecule has 2 aromatic rings. The second-order valence-corrected chi connectivity index (χ2v) is 12.9. The molecule has 0 amide bonds. The summed E-state index contributed by atoms with van der Waals surface area (Å²) in [4.78, 5) is 7.78. The molecule has 0 saturated carbocycles. The van der Waals surface area contributed by atoms with Gasteiger partial charge in [0.2, 0.25) is 0 Å². The van der Waals surface area contributed by atoms with E-state index in [1.54, 1.807) is 7.11 Å². The summed E-state index contributed by atoms with van der Waals surface area (Å²) in [7, 11) is 1.76. The third-order valence-corrected chi connectivity index (χ3v) is 9.04. The zero-order valence-electron chi connectivity index (χ0n) is 27.6. The predicted molar refractivity (Wildman–Crippen MR) is 181 cm³/mol. The molecule has 0 aliphatic carbocycles. The SMILES string of the molecule is COC[C@@H](N=C(c1ccccc1)N1[C@H](CCCCCCCCCCCCOCc2ccccc2)CC[C@@H](O)[C@H]1C)C(C)C. The minimum Gasteiger partial charge on any atom is -0.391 e. The number of aliphatic imine (C=N–C) groups is 1. The van der Waals surface area contributed by atoms with Gasteiger partial charge < -0.3 is 19.5 Å². The Hall–Kier alpha value is -2.21. The molecule has 43 heavy (non-hydrogen) atoms. The van der Waals surface area contributed by atoms with Crippen molar-refractivity contribution in [2.24, 2.45) is 10.9 Å². The number of unbranched alkanes of at least 4 members (excludes halogenated alkanes) is 9. The van der Waals surface area contributed by atoms with Gasteiger partial charge in [-0.3, -0.25) is 4.99 Å². The van der Waals surface area contributed by atoms with E-state index in [0.29, 0.717) is 18.6 Å². The number of benzene rings is 2. The molecule has 0 spiro atoms. The lowest BCUT2D eigenvalue weighted by Gasteiger charge is -2.46. The largest absolute Gasteiger partial charge is 0.391 e. The maximum absolute atomic E-state index is 10.9. The fourth-order valence-electron chi connectivity index (χ4n) is 6.26. The van der Waals surface area contributed by atoms with Gasteiger partial charge in [0.05, 0.1) is 31.4 Å². The highest BCUT2D eigenvalue weighted by Gasteiger charge is 2.36. The number of rotatable bonds is 20. The van der Waals surface area contributed by atoms with Crippen LogP contribution >= 0.6 is 0 Å². The van der Waals surface area contributed by atoms with Crippen LogP contribution in [0.25, 0.3) is 0 Å². The Kier molecular flexibility index (Phi) is 17.0. The summed E-state index contributed by atoms with van der Waals surface area (Å²) in [6, 6.07) is 21.5. The Bertz CT molecular complexity index is 997. The number of likely N-dealkylation sites (tertiary alicyclic amines) is 1. The summed E-state index contributed by atoms with van der Waals surface area (Å²) in [5.41, 5.74) is 2.39. The second kappa shape index (κ2) is 20.7. The molecule has 1 saturated heterocycles. The van der Waals surface area contributed by atoms with E-state index < -0.39 is 0 Å². The molecule has 2 aromatic carbocycles. The molecule has 1 fully saturated rings. The first kappa shape index (κ1) is 35.3. The molecule has 1 aliphatic heterocycles. The molecule has 3 rings (SSSR count). The second-order valence-electron chi connectivity index (χ2n) is 12.9. The van der Waals surface area contributed by atoms with Crippen LogP contribution in [0.5, 0.6) is 0 Å². The molecule has 1 N–H and O–H groups in total. The minimum absolute atomic E-state index is 0.0449. The van der Waals surface area contributed by atoms with E-state index in [1.807, 2.05) is 6.07 Å². The van der Waals surface area contributed by atoms with Crippen molar-refractivity contribution in [1.29, 1.82) is 0 Å². The number of ether oxygens (including phenoxy) is 2. The number of amidine groups is 1. The van der Waals surface area contributed by atoms with Gasteiger partial charge in [0.15, 0.2) is 0 Å². The third kappa shape index (κ3) is 12.7. The van der Waals surface area contributed by atoms with E-state index >= 15 is 0 Å². The summed E-state index contributed by atoms with van der Waals surface area (Å²) < 4.78 is 11.4. The lowest BCUT2D eigenvalue weighted by atomic mass is 9.89. The molecular weight excluding hydrogens is 532 g/mol. The highest BCUT2D eigenvalue weighted by atomic mass is 16.5. The van der Waals surface area contributed by atoms with Crippen molar-refractivity contribution in [1.82, 2.24) is 4.90 Å². The summed E-state index contributed by atoms with van der Waals surface area (Å²) >= 11 is 0. The summed E-state index contributed by atoms with van der Waals surface area (Å²) in [5.74, 6) is 1.40. The summed E-state index contributed by atoms with van der Waals surface area (Å²) in [5, 5.41) is 10.9. The lowest BCUT2D eigenvalue weighted by Crippen LogP contribution is -2.55. The standard InChI is InChI=1S/C38H60N2O3/c1-31(2)36(30-42-4)39-38(34-23-17-14-18-24-34)40-32(3)37(41)27-26-35(40)25-19-11-9-7-5-6-8-10-12-20-28-43-29-33-21-15-13-16-22-33/h13-18,21-24,31-32,35-37,41H,5-12,19-20,25-30H2,1-4H3/t32-,35-,36-,37-/m1/s1. The Morgan fingerprint density at radius 1 is 0.837 bits per heavy atom. The van der Waals surface area contributed by atoms with Crippen LogP contribution in [0.2, 0.25) is 0 Å². The number of aliphatic hydroxyl groups is 1. The van der Waals surface area contributed by atoms with Gasteiger partial charge in [-0.2, -0.15) is 0 Å². The average molecular weight is 593 g/mol. The Labute approximate surface area is 263 Å². The first-order valence-electron chi connectivity index (χ1n) is 17.2. The van der Waals surface area contributed by atoms with Gasteiger partial charge in [0.1, 0.15) is 5.84 Å². The van der Waals surface area contributed by atoms with Crippen LogP contribution in [0.3, 0.4) is 0 Å². The quantitative estimate of drug-likeness (QED) is 0.0948. The van der Waals surface area contributed by atoms with Crippen LogP contribution in [0.15, 0.2) is 65.7 Å². The van der Waals surface area contributed by atoms with Gasteiger partial charge in [-0.05, 0) is 44.1 Å². The maximum Gasteiger partial charge on any atom is 0.131 e. The number of piperidine rings is 1. The van der Waals surface area contributed by atoms with Crippen LogP contribution < -0.4 is 0 Å². The molecule has 0 unspecified atom stereocenters. The van der Waals surface area contributed by atoms with Gasteiger partial charge in [-0.1, -0.05) is 132 Å². The van der Waals surface area contributed by atoms with Crippen LogP contribution in [0.1, 0.15) is 115 Å². The van der Waals surface area contributed by atoms with Crippen LogP contribution in [0, 0.1) is 5.92 Å². The molecule has 1 heterocycles. The topological polar surface area (TPSA) is 54.3 Å². The normalized spacial score (nSPS) is 20.1. The van der Waals surface area contributed by atoms with Crippen molar-refractivity contribution in [3.05, 3.63) is 71.8 Å². The van der Waals surface area contributed by atoms with E-state index in [-0.39, 0.29) is 18.2 Å². The highest BCUT2D eigenvalue weighted by Crippen LogP contribution is 2.30. The van der Waals surface area contributed by atoms with E-state index in [1.165, 1.54) is 69.8 Å². The van der Waals surface area contributed by atoms with Crippen LogP contribution in [-0.2, 0) is 16.1 Å². The smallest absolute Gasteiger partial charge is 0.131 e. The number of aliphatic hydroxyl groups excluding tert-OH is 1. The van der Waals surface area contributed by atoms with Gasteiger partial charge in [-0.15, -0.1) is 0 Å². The molecule has 5 nitrogen and oxygen atoms in total.